The number of hydrogen-bond acceptors (Lipinski definition) is 2. The number of thiophene rings is 1. The van der Waals surface area contributed by atoms with Crippen molar-refractivity contribution in [1.29, 1.82) is 0 Å². The highest BCUT2D eigenvalue weighted by atomic mass is 35.5. The second-order valence-electron chi connectivity index (χ2n) is 2.26. The summed E-state index contributed by atoms with van der Waals surface area (Å²) in [5.41, 5.74) is 5.81. The van der Waals surface area contributed by atoms with Crippen LogP contribution in [0.2, 0.25) is 5.02 Å². The minimum Gasteiger partial charge on any atom is -0.323 e. The predicted molar refractivity (Wildman–Crippen MR) is 51.1 cm³/mol. The first kappa shape index (κ1) is 8.78. The first-order valence-corrected chi connectivity index (χ1v) is 4.61. The van der Waals surface area contributed by atoms with Crippen LogP contribution in [-0.4, -0.2) is 0 Å². The quantitative estimate of drug-likeness (QED) is 0.724. The van der Waals surface area contributed by atoms with Gasteiger partial charge >= 0.3 is 0 Å². The lowest BCUT2D eigenvalue weighted by atomic mass is 10.2. The molecule has 0 fully saturated rings. The van der Waals surface area contributed by atoms with Crippen molar-refractivity contribution in [2.24, 2.45) is 5.73 Å². The summed E-state index contributed by atoms with van der Waals surface area (Å²) in [7, 11) is 0. The molecule has 0 amide bonds. The summed E-state index contributed by atoms with van der Waals surface area (Å²) in [6.45, 7) is 3.62. The van der Waals surface area contributed by atoms with E-state index in [1.54, 1.807) is 17.4 Å². The summed E-state index contributed by atoms with van der Waals surface area (Å²) in [6.07, 6.45) is 2.58. The monoisotopic (exact) mass is 187 g/mol. The highest BCUT2D eigenvalue weighted by Gasteiger charge is 2.08. The van der Waals surface area contributed by atoms with Gasteiger partial charge in [-0.2, -0.15) is 0 Å². The second-order valence-corrected chi connectivity index (χ2v) is 3.62. The van der Waals surface area contributed by atoms with Gasteiger partial charge < -0.3 is 5.73 Å². The molecular weight excluding hydrogens is 178 g/mol. The van der Waals surface area contributed by atoms with E-state index in [0.29, 0.717) is 0 Å². The molecule has 0 spiro atoms. The van der Waals surface area contributed by atoms with Crippen molar-refractivity contribution in [3.63, 3.8) is 0 Å². The van der Waals surface area contributed by atoms with Crippen LogP contribution in [0, 0.1) is 0 Å². The van der Waals surface area contributed by atoms with Crippen LogP contribution in [0.1, 0.15) is 17.3 Å². The standard InChI is InChI=1S/C8H10ClNS/c1-2-3-7(10)8-6(9)4-5-11-8/h2,4-5,7H,1,3,10H2/t7-/m0/s1. The predicted octanol–water partition coefficient (Wildman–Crippen LogP) is 2.98. The van der Waals surface area contributed by atoms with Crippen LogP contribution < -0.4 is 5.73 Å². The number of nitrogens with two attached hydrogens (primary N) is 1. The fourth-order valence-corrected chi connectivity index (χ4v) is 2.07. The first-order chi connectivity index (χ1) is 5.25. The highest BCUT2D eigenvalue weighted by Crippen LogP contribution is 2.28. The zero-order valence-corrected chi connectivity index (χ0v) is 7.66. The third kappa shape index (κ3) is 2.06. The van der Waals surface area contributed by atoms with Crippen molar-refractivity contribution in [2.45, 2.75) is 12.5 Å². The minimum atomic E-state index is 0.0139. The average molecular weight is 188 g/mol. The Hall–Kier alpha value is -0.310. The Bertz CT molecular complexity index is 244. The molecule has 11 heavy (non-hydrogen) atoms. The minimum absolute atomic E-state index is 0.0139. The highest BCUT2D eigenvalue weighted by molar-refractivity contribution is 7.10. The molecule has 0 radical (unpaired) electrons. The molecule has 0 aliphatic carbocycles. The summed E-state index contributed by atoms with van der Waals surface area (Å²) in [5.74, 6) is 0. The van der Waals surface area contributed by atoms with Gasteiger partial charge in [-0.15, -0.1) is 17.9 Å². The lowest BCUT2D eigenvalue weighted by Crippen LogP contribution is -2.07. The van der Waals surface area contributed by atoms with Crippen molar-refractivity contribution >= 4 is 22.9 Å². The van der Waals surface area contributed by atoms with E-state index in [9.17, 15) is 0 Å². The Balaban J connectivity index is 2.74. The molecule has 60 valence electrons. The number of rotatable bonds is 3. The Kier molecular flexibility index (Phi) is 3.12. The van der Waals surface area contributed by atoms with E-state index in [0.717, 1.165) is 16.3 Å². The van der Waals surface area contributed by atoms with Crippen LogP contribution in [0.15, 0.2) is 24.1 Å². The smallest absolute Gasteiger partial charge is 0.0561 e. The summed E-state index contributed by atoms with van der Waals surface area (Å²) in [6, 6.07) is 1.88. The lowest BCUT2D eigenvalue weighted by Gasteiger charge is -2.05. The van der Waals surface area contributed by atoms with E-state index >= 15 is 0 Å². The van der Waals surface area contributed by atoms with Gasteiger partial charge in [0.25, 0.3) is 0 Å². The third-order valence-corrected chi connectivity index (χ3v) is 2.89. The van der Waals surface area contributed by atoms with Gasteiger partial charge in [0, 0.05) is 10.9 Å². The largest absolute Gasteiger partial charge is 0.323 e. The van der Waals surface area contributed by atoms with E-state index in [1.165, 1.54) is 0 Å². The van der Waals surface area contributed by atoms with Crippen molar-refractivity contribution in [3.8, 4) is 0 Å². The van der Waals surface area contributed by atoms with Crippen molar-refractivity contribution in [1.82, 2.24) is 0 Å². The molecule has 3 heteroatoms. The van der Waals surface area contributed by atoms with Gasteiger partial charge in [0.05, 0.1) is 5.02 Å². The van der Waals surface area contributed by atoms with Crippen LogP contribution in [-0.2, 0) is 0 Å². The van der Waals surface area contributed by atoms with Gasteiger partial charge in [-0.1, -0.05) is 17.7 Å². The summed E-state index contributed by atoms with van der Waals surface area (Å²) in [4.78, 5) is 1.05. The van der Waals surface area contributed by atoms with Gasteiger partial charge in [0.15, 0.2) is 0 Å². The molecule has 0 saturated carbocycles. The zero-order chi connectivity index (χ0) is 8.27. The first-order valence-electron chi connectivity index (χ1n) is 3.35. The van der Waals surface area contributed by atoms with Crippen LogP contribution in [0.3, 0.4) is 0 Å². The maximum Gasteiger partial charge on any atom is 0.0561 e. The normalized spacial score (nSPS) is 12.9. The summed E-state index contributed by atoms with van der Waals surface area (Å²) in [5, 5.41) is 2.71. The van der Waals surface area contributed by atoms with E-state index in [4.69, 9.17) is 17.3 Å². The summed E-state index contributed by atoms with van der Waals surface area (Å²) < 4.78 is 0. The zero-order valence-electron chi connectivity index (χ0n) is 6.09. The molecule has 2 N–H and O–H groups in total. The molecule has 0 unspecified atom stereocenters. The van der Waals surface area contributed by atoms with E-state index in [1.807, 2.05) is 11.4 Å². The van der Waals surface area contributed by atoms with Gasteiger partial charge in [-0.05, 0) is 17.9 Å². The Morgan fingerprint density at radius 3 is 3.00 bits per heavy atom. The van der Waals surface area contributed by atoms with E-state index in [2.05, 4.69) is 6.58 Å². The molecule has 0 aromatic carbocycles. The van der Waals surface area contributed by atoms with Gasteiger partial charge in [-0.25, -0.2) is 0 Å². The van der Waals surface area contributed by atoms with Crippen LogP contribution in [0.25, 0.3) is 0 Å². The van der Waals surface area contributed by atoms with Crippen LogP contribution >= 0.6 is 22.9 Å². The van der Waals surface area contributed by atoms with Gasteiger partial charge in [-0.3, -0.25) is 0 Å². The van der Waals surface area contributed by atoms with Crippen LogP contribution in [0.5, 0.6) is 0 Å². The Morgan fingerprint density at radius 2 is 2.55 bits per heavy atom. The van der Waals surface area contributed by atoms with Crippen molar-refractivity contribution < 1.29 is 0 Å². The van der Waals surface area contributed by atoms with Gasteiger partial charge in [0.1, 0.15) is 0 Å². The van der Waals surface area contributed by atoms with E-state index < -0.39 is 0 Å². The van der Waals surface area contributed by atoms with Crippen LogP contribution in [0.4, 0.5) is 0 Å². The molecule has 0 aliphatic heterocycles. The molecule has 1 rings (SSSR count). The maximum atomic E-state index is 5.87. The fraction of sp³-hybridized carbons (Fsp3) is 0.250. The molecule has 1 aromatic heterocycles. The molecule has 1 heterocycles. The Morgan fingerprint density at radius 1 is 1.82 bits per heavy atom. The van der Waals surface area contributed by atoms with Crippen molar-refractivity contribution in [2.75, 3.05) is 0 Å². The fourth-order valence-electron chi connectivity index (χ4n) is 0.857. The number of hydrogen-bond donors (Lipinski definition) is 1. The molecular formula is C8H10ClNS. The molecule has 1 atom stereocenters. The van der Waals surface area contributed by atoms with Gasteiger partial charge in [0.2, 0.25) is 0 Å². The maximum absolute atomic E-state index is 5.87. The second kappa shape index (κ2) is 3.90. The molecule has 0 aliphatic rings. The molecule has 1 aromatic rings. The van der Waals surface area contributed by atoms with Crippen molar-refractivity contribution in [3.05, 3.63) is 34.0 Å². The summed E-state index contributed by atoms with van der Waals surface area (Å²) >= 11 is 7.46. The molecule has 0 saturated heterocycles. The lowest BCUT2D eigenvalue weighted by molar-refractivity contribution is 0.758. The molecule has 1 nitrogen and oxygen atoms in total. The average Bonchev–Trinajstić information content (AvgIpc) is 2.36. The van der Waals surface area contributed by atoms with E-state index in [-0.39, 0.29) is 6.04 Å². The SMILES string of the molecule is C=CC[C@H](N)c1sccc1Cl. The number of halogens is 1. The Labute approximate surface area is 75.5 Å². The topological polar surface area (TPSA) is 26.0 Å². The third-order valence-electron chi connectivity index (χ3n) is 1.40. The molecule has 0 bridgehead atoms.